The number of hydrogen-bond acceptors (Lipinski definition) is 2. The van der Waals surface area contributed by atoms with Gasteiger partial charge >= 0.3 is 0 Å². The molecule has 2 N–H and O–H groups in total. The SMILES string of the molecule is CC1CCCC(CN)(N(C)C2CC2)C1C. The zero-order chi connectivity index (χ0) is 11.1. The van der Waals surface area contributed by atoms with Gasteiger partial charge in [-0.1, -0.05) is 26.7 Å². The molecule has 0 aromatic carbocycles. The van der Waals surface area contributed by atoms with E-state index in [1.807, 2.05) is 0 Å². The molecule has 0 aliphatic heterocycles. The highest BCUT2D eigenvalue weighted by molar-refractivity contribution is 5.03. The Morgan fingerprint density at radius 1 is 1.27 bits per heavy atom. The fourth-order valence-corrected chi connectivity index (χ4v) is 3.49. The molecule has 15 heavy (non-hydrogen) atoms. The van der Waals surface area contributed by atoms with Crippen LogP contribution >= 0.6 is 0 Å². The van der Waals surface area contributed by atoms with Gasteiger partial charge in [0.05, 0.1) is 0 Å². The minimum atomic E-state index is 0.304. The van der Waals surface area contributed by atoms with Gasteiger partial charge in [-0.05, 0) is 38.1 Å². The maximum atomic E-state index is 6.12. The van der Waals surface area contributed by atoms with Crippen LogP contribution in [0.5, 0.6) is 0 Å². The second-order valence-corrected chi connectivity index (χ2v) is 5.81. The van der Waals surface area contributed by atoms with Crippen molar-refractivity contribution in [2.75, 3.05) is 13.6 Å². The summed E-state index contributed by atoms with van der Waals surface area (Å²) in [6.45, 7) is 5.65. The zero-order valence-corrected chi connectivity index (χ0v) is 10.5. The summed E-state index contributed by atoms with van der Waals surface area (Å²) in [4.78, 5) is 2.62. The van der Waals surface area contributed by atoms with E-state index in [1.54, 1.807) is 0 Å². The highest BCUT2D eigenvalue weighted by atomic mass is 15.2. The van der Waals surface area contributed by atoms with Crippen molar-refractivity contribution >= 4 is 0 Å². The van der Waals surface area contributed by atoms with E-state index in [1.165, 1.54) is 32.1 Å². The molecule has 3 atom stereocenters. The molecule has 0 aromatic heterocycles. The number of likely N-dealkylation sites (N-methyl/N-ethyl adjacent to an activating group) is 1. The minimum Gasteiger partial charge on any atom is -0.329 e. The minimum absolute atomic E-state index is 0.304. The molecule has 2 aliphatic carbocycles. The van der Waals surface area contributed by atoms with Crippen LogP contribution in [0.1, 0.15) is 46.0 Å². The maximum absolute atomic E-state index is 6.12. The zero-order valence-electron chi connectivity index (χ0n) is 10.5. The number of nitrogens with two attached hydrogens (primary N) is 1. The molecule has 0 heterocycles. The predicted molar refractivity (Wildman–Crippen MR) is 64.7 cm³/mol. The van der Waals surface area contributed by atoms with Gasteiger partial charge in [-0.2, -0.15) is 0 Å². The van der Waals surface area contributed by atoms with Crippen molar-refractivity contribution in [3.63, 3.8) is 0 Å². The van der Waals surface area contributed by atoms with Crippen LogP contribution in [0.15, 0.2) is 0 Å². The van der Waals surface area contributed by atoms with E-state index in [4.69, 9.17) is 5.73 Å². The number of hydrogen-bond donors (Lipinski definition) is 1. The van der Waals surface area contributed by atoms with Gasteiger partial charge in [0, 0.05) is 18.1 Å². The van der Waals surface area contributed by atoms with E-state index in [2.05, 4.69) is 25.8 Å². The third kappa shape index (κ3) is 1.83. The first-order valence-electron chi connectivity index (χ1n) is 6.55. The van der Waals surface area contributed by atoms with Gasteiger partial charge in [-0.25, -0.2) is 0 Å². The largest absolute Gasteiger partial charge is 0.329 e. The first kappa shape index (κ1) is 11.4. The van der Waals surface area contributed by atoms with Crippen molar-refractivity contribution in [2.45, 2.75) is 57.5 Å². The van der Waals surface area contributed by atoms with Gasteiger partial charge in [0.25, 0.3) is 0 Å². The monoisotopic (exact) mass is 210 g/mol. The first-order valence-corrected chi connectivity index (χ1v) is 6.55. The van der Waals surface area contributed by atoms with E-state index >= 15 is 0 Å². The molecule has 2 heteroatoms. The second kappa shape index (κ2) is 4.06. The van der Waals surface area contributed by atoms with Crippen LogP contribution in [-0.2, 0) is 0 Å². The molecule has 0 spiro atoms. The lowest BCUT2D eigenvalue weighted by Crippen LogP contribution is -2.60. The fourth-order valence-electron chi connectivity index (χ4n) is 3.49. The summed E-state index contributed by atoms with van der Waals surface area (Å²) in [5.41, 5.74) is 6.42. The van der Waals surface area contributed by atoms with Gasteiger partial charge in [-0.3, -0.25) is 4.90 Å². The Hall–Kier alpha value is -0.0800. The van der Waals surface area contributed by atoms with E-state index in [-0.39, 0.29) is 0 Å². The fraction of sp³-hybridized carbons (Fsp3) is 1.00. The predicted octanol–water partition coefficient (Wildman–Crippen LogP) is 2.23. The molecule has 2 aliphatic rings. The van der Waals surface area contributed by atoms with E-state index in [0.29, 0.717) is 5.54 Å². The molecule has 2 fully saturated rings. The van der Waals surface area contributed by atoms with Crippen molar-refractivity contribution in [3.05, 3.63) is 0 Å². The summed E-state index contributed by atoms with van der Waals surface area (Å²) >= 11 is 0. The molecular weight excluding hydrogens is 184 g/mol. The summed E-state index contributed by atoms with van der Waals surface area (Å²) in [6, 6.07) is 0.835. The molecular formula is C13H26N2. The second-order valence-electron chi connectivity index (χ2n) is 5.81. The Morgan fingerprint density at radius 2 is 1.93 bits per heavy atom. The highest BCUT2D eigenvalue weighted by Gasteiger charge is 2.47. The van der Waals surface area contributed by atoms with Crippen LogP contribution in [0.2, 0.25) is 0 Å². The van der Waals surface area contributed by atoms with Crippen LogP contribution in [0.3, 0.4) is 0 Å². The summed E-state index contributed by atoms with van der Waals surface area (Å²) in [7, 11) is 2.30. The van der Waals surface area contributed by atoms with Crippen LogP contribution in [0.25, 0.3) is 0 Å². The molecule has 0 radical (unpaired) electrons. The molecule has 0 amide bonds. The molecule has 2 saturated carbocycles. The smallest absolute Gasteiger partial charge is 0.0359 e. The standard InChI is InChI=1S/C13H26N2/c1-10-5-4-8-13(9-14,11(10)2)15(3)12-6-7-12/h10-12H,4-9,14H2,1-3H3. The topological polar surface area (TPSA) is 29.3 Å². The molecule has 3 unspecified atom stereocenters. The first-order chi connectivity index (χ1) is 7.12. The Bertz CT molecular complexity index is 219. The molecule has 0 saturated heterocycles. The third-order valence-corrected chi connectivity index (χ3v) is 5.12. The van der Waals surface area contributed by atoms with Gasteiger partial charge in [-0.15, -0.1) is 0 Å². The summed E-state index contributed by atoms with van der Waals surface area (Å²) in [5, 5.41) is 0. The molecule has 2 rings (SSSR count). The van der Waals surface area contributed by atoms with E-state index in [0.717, 1.165) is 24.4 Å². The van der Waals surface area contributed by atoms with E-state index < -0.39 is 0 Å². The normalized spacial score (nSPS) is 42.2. The van der Waals surface area contributed by atoms with Crippen molar-refractivity contribution in [1.29, 1.82) is 0 Å². The Morgan fingerprint density at radius 3 is 2.47 bits per heavy atom. The molecule has 2 nitrogen and oxygen atoms in total. The Balaban J connectivity index is 2.17. The van der Waals surface area contributed by atoms with Crippen LogP contribution in [0.4, 0.5) is 0 Å². The summed E-state index contributed by atoms with van der Waals surface area (Å²) in [5.74, 6) is 1.59. The van der Waals surface area contributed by atoms with Crippen molar-refractivity contribution in [3.8, 4) is 0 Å². The maximum Gasteiger partial charge on any atom is 0.0359 e. The Labute approximate surface area is 94.2 Å². The molecule has 0 aromatic rings. The average molecular weight is 210 g/mol. The van der Waals surface area contributed by atoms with Crippen LogP contribution in [0, 0.1) is 11.8 Å². The van der Waals surface area contributed by atoms with Crippen LogP contribution in [-0.4, -0.2) is 30.1 Å². The average Bonchev–Trinajstić information content (AvgIpc) is 3.05. The van der Waals surface area contributed by atoms with Crippen molar-refractivity contribution < 1.29 is 0 Å². The lowest BCUT2D eigenvalue weighted by atomic mass is 9.67. The summed E-state index contributed by atoms with van der Waals surface area (Å²) < 4.78 is 0. The summed E-state index contributed by atoms with van der Waals surface area (Å²) in [6.07, 6.45) is 6.84. The van der Waals surface area contributed by atoms with E-state index in [9.17, 15) is 0 Å². The quantitative estimate of drug-likeness (QED) is 0.774. The van der Waals surface area contributed by atoms with Crippen molar-refractivity contribution in [1.82, 2.24) is 4.90 Å². The Kier molecular flexibility index (Phi) is 3.09. The third-order valence-electron chi connectivity index (χ3n) is 5.12. The number of nitrogens with zero attached hydrogens (tertiary/aromatic N) is 1. The molecule has 88 valence electrons. The van der Waals surface area contributed by atoms with Gasteiger partial charge in [0.1, 0.15) is 0 Å². The lowest BCUT2D eigenvalue weighted by molar-refractivity contribution is 0.00122. The highest BCUT2D eigenvalue weighted by Crippen LogP contribution is 2.44. The lowest BCUT2D eigenvalue weighted by Gasteiger charge is -2.51. The number of rotatable bonds is 3. The molecule has 0 bridgehead atoms. The van der Waals surface area contributed by atoms with Crippen molar-refractivity contribution in [2.24, 2.45) is 17.6 Å². The van der Waals surface area contributed by atoms with Gasteiger partial charge < -0.3 is 5.73 Å². The van der Waals surface area contributed by atoms with Gasteiger partial charge in [0.2, 0.25) is 0 Å². The van der Waals surface area contributed by atoms with Crippen LogP contribution < -0.4 is 5.73 Å². The van der Waals surface area contributed by atoms with Gasteiger partial charge in [0.15, 0.2) is 0 Å².